The van der Waals surface area contributed by atoms with Crippen molar-refractivity contribution in [3.05, 3.63) is 47.3 Å². The molecule has 0 aliphatic heterocycles. The molecule has 1 aromatic carbocycles. The molecule has 0 unspecified atom stereocenters. The van der Waals surface area contributed by atoms with Crippen molar-refractivity contribution in [3.8, 4) is 5.69 Å². The number of aryl methyl sites for hydroxylation is 1. The lowest BCUT2D eigenvalue weighted by Crippen LogP contribution is -2.07. The van der Waals surface area contributed by atoms with Crippen LogP contribution >= 0.6 is 0 Å². The molecule has 0 spiro atoms. The summed E-state index contributed by atoms with van der Waals surface area (Å²) >= 11 is 0. The Balaban J connectivity index is 2.26. The molecule has 2 aromatic rings. The Morgan fingerprint density at radius 3 is 2.90 bits per heavy atom. The number of aliphatic hydroxyl groups is 1. The molecule has 1 aromatic heterocycles. The summed E-state index contributed by atoms with van der Waals surface area (Å²) in [4.78, 5) is 11.8. The highest BCUT2D eigenvalue weighted by Crippen LogP contribution is 2.14. The third kappa shape index (κ3) is 3.05. The topological polar surface area (TPSA) is 64.3 Å². The molecular weight excluding hydrogens is 256 g/mol. The summed E-state index contributed by atoms with van der Waals surface area (Å²) in [6.07, 6.45) is 2.55. The van der Waals surface area contributed by atoms with Gasteiger partial charge in [-0.05, 0) is 31.5 Å². The van der Waals surface area contributed by atoms with E-state index >= 15 is 0 Å². The smallest absolute Gasteiger partial charge is 0.338 e. The fourth-order valence-corrected chi connectivity index (χ4v) is 1.84. The number of benzene rings is 1. The number of rotatable bonds is 5. The number of nitrogens with zero attached hydrogens (tertiary/aromatic N) is 2. The van der Waals surface area contributed by atoms with Crippen LogP contribution in [-0.4, -0.2) is 27.5 Å². The molecule has 5 nitrogen and oxygen atoms in total. The standard InChI is InChI=1S/C15H18N2O3/c1-3-7-20-15(19)12-5-4-6-14(8-12)17-9-13(10-18)11(2)16-17/h4-6,8-9,18H,3,7,10H2,1-2H3. The summed E-state index contributed by atoms with van der Waals surface area (Å²) in [6, 6.07) is 7.08. The molecule has 1 N–H and O–H groups in total. The van der Waals surface area contributed by atoms with Crippen molar-refractivity contribution >= 4 is 5.97 Å². The number of aromatic nitrogens is 2. The van der Waals surface area contributed by atoms with E-state index in [-0.39, 0.29) is 12.6 Å². The van der Waals surface area contributed by atoms with Gasteiger partial charge in [0.15, 0.2) is 0 Å². The van der Waals surface area contributed by atoms with E-state index in [0.717, 1.165) is 23.4 Å². The zero-order valence-electron chi connectivity index (χ0n) is 11.7. The maximum Gasteiger partial charge on any atom is 0.338 e. The molecule has 20 heavy (non-hydrogen) atoms. The highest BCUT2D eigenvalue weighted by molar-refractivity contribution is 5.90. The summed E-state index contributed by atoms with van der Waals surface area (Å²) < 4.78 is 6.76. The van der Waals surface area contributed by atoms with Crippen LogP contribution in [0.25, 0.3) is 5.69 Å². The molecule has 0 aliphatic rings. The van der Waals surface area contributed by atoms with Gasteiger partial charge in [-0.2, -0.15) is 5.10 Å². The molecule has 5 heteroatoms. The Kier molecular flexibility index (Phi) is 4.53. The number of carbonyl (C=O) groups is 1. The highest BCUT2D eigenvalue weighted by atomic mass is 16.5. The normalized spacial score (nSPS) is 10.6. The van der Waals surface area contributed by atoms with Crippen LogP contribution in [0.15, 0.2) is 30.5 Å². The van der Waals surface area contributed by atoms with Crippen molar-refractivity contribution in [2.45, 2.75) is 26.9 Å². The van der Waals surface area contributed by atoms with E-state index in [0.29, 0.717) is 12.2 Å². The minimum atomic E-state index is -0.333. The highest BCUT2D eigenvalue weighted by Gasteiger charge is 2.10. The van der Waals surface area contributed by atoms with E-state index in [4.69, 9.17) is 4.74 Å². The quantitative estimate of drug-likeness (QED) is 0.849. The summed E-state index contributed by atoms with van der Waals surface area (Å²) in [5.41, 5.74) is 2.80. The second-order valence-electron chi connectivity index (χ2n) is 4.53. The van der Waals surface area contributed by atoms with E-state index < -0.39 is 0 Å². The van der Waals surface area contributed by atoms with Gasteiger partial charge in [-0.25, -0.2) is 9.48 Å². The van der Waals surface area contributed by atoms with E-state index in [1.807, 2.05) is 19.9 Å². The fraction of sp³-hybridized carbons (Fsp3) is 0.333. The molecule has 1 heterocycles. The molecule has 0 amide bonds. The van der Waals surface area contributed by atoms with Gasteiger partial charge in [-0.15, -0.1) is 0 Å². The molecule has 106 valence electrons. The van der Waals surface area contributed by atoms with Gasteiger partial charge in [-0.3, -0.25) is 0 Å². The number of hydrogen-bond acceptors (Lipinski definition) is 4. The van der Waals surface area contributed by atoms with Gasteiger partial charge in [-0.1, -0.05) is 13.0 Å². The Labute approximate surface area is 117 Å². The molecule has 2 rings (SSSR count). The van der Waals surface area contributed by atoms with Crippen LogP contribution in [0, 0.1) is 6.92 Å². The summed E-state index contributed by atoms with van der Waals surface area (Å²) in [5, 5.41) is 13.5. The molecule has 0 saturated carbocycles. The molecule has 0 saturated heterocycles. The largest absolute Gasteiger partial charge is 0.462 e. The lowest BCUT2D eigenvalue weighted by molar-refractivity contribution is 0.0505. The van der Waals surface area contributed by atoms with Gasteiger partial charge in [0.05, 0.1) is 30.2 Å². The van der Waals surface area contributed by atoms with Crippen LogP contribution in [0.2, 0.25) is 0 Å². The third-order valence-electron chi connectivity index (χ3n) is 2.95. The third-order valence-corrected chi connectivity index (χ3v) is 2.95. The average Bonchev–Trinajstić information content (AvgIpc) is 2.86. The summed E-state index contributed by atoms with van der Waals surface area (Å²) in [6.45, 7) is 4.15. The van der Waals surface area contributed by atoms with Crippen molar-refractivity contribution in [2.75, 3.05) is 6.61 Å². The SMILES string of the molecule is CCCOC(=O)c1cccc(-n2cc(CO)c(C)n2)c1. The maximum absolute atomic E-state index is 11.8. The van der Waals surface area contributed by atoms with Crippen LogP contribution in [-0.2, 0) is 11.3 Å². The zero-order chi connectivity index (χ0) is 14.5. The molecule has 0 aliphatic carbocycles. The molecule has 0 atom stereocenters. The van der Waals surface area contributed by atoms with Gasteiger partial charge >= 0.3 is 5.97 Å². The zero-order valence-corrected chi connectivity index (χ0v) is 11.7. The Bertz CT molecular complexity index is 605. The van der Waals surface area contributed by atoms with Gasteiger partial charge in [0.2, 0.25) is 0 Å². The van der Waals surface area contributed by atoms with Crippen LogP contribution in [0.3, 0.4) is 0 Å². The van der Waals surface area contributed by atoms with E-state index in [1.165, 1.54) is 0 Å². The summed E-state index contributed by atoms with van der Waals surface area (Å²) in [7, 11) is 0. The van der Waals surface area contributed by atoms with Crippen molar-refractivity contribution in [1.82, 2.24) is 9.78 Å². The Hall–Kier alpha value is -2.14. The van der Waals surface area contributed by atoms with Crippen molar-refractivity contribution in [1.29, 1.82) is 0 Å². The van der Waals surface area contributed by atoms with Gasteiger partial charge < -0.3 is 9.84 Å². The number of carbonyl (C=O) groups excluding carboxylic acids is 1. The maximum atomic E-state index is 11.8. The second kappa shape index (κ2) is 6.34. The predicted octanol–water partition coefficient (Wildman–Crippen LogP) is 2.24. The van der Waals surface area contributed by atoms with Gasteiger partial charge in [0.1, 0.15) is 0 Å². The molecule has 0 fully saturated rings. The predicted molar refractivity (Wildman–Crippen MR) is 74.8 cm³/mol. The molecular formula is C15H18N2O3. The van der Waals surface area contributed by atoms with Crippen molar-refractivity contribution in [2.24, 2.45) is 0 Å². The van der Waals surface area contributed by atoms with Crippen LogP contribution in [0.1, 0.15) is 35.0 Å². The van der Waals surface area contributed by atoms with Gasteiger partial charge in [0, 0.05) is 11.8 Å². The number of esters is 1. The number of hydrogen-bond donors (Lipinski definition) is 1. The monoisotopic (exact) mass is 274 g/mol. The molecule has 0 bridgehead atoms. The first-order valence-electron chi connectivity index (χ1n) is 6.59. The fourth-order valence-electron chi connectivity index (χ4n) is 1.84. The second-order valence-corrected chi connectivity index (χ2v) is 4.53. The van der Waals surface area contributed by atoms with Crippen molar-refractivity contribution in [3.63, 3.8) is 0 Å². The summed E-state index contributed by atoms with van der Waals surface area (Å²) in [5.74, 6) is -0.333. The van der Waals surface area contributed by atoms with Crippen LogP contribution in [0.5, 0.6) is 0 Å². The molecule has 0 radical (unpaired) electrons. The average molecular weight is 274 g/mol. The lowest BCUT2D eigenvalue weighted by Gasteiger charge is -2.05. The number of ether oxygens (including phenoxy) is 1. The first-order chi connectivity index (χ1) is 9.65. The van der Waals surface area contributed by atoms with Crippen molar-refractivity contribution < 1.29 is 14.6 Å². The minimum Gasteiger partial charge on any atom is -0.462 e. The van der Waals surface area contributed by atoms with Gasteiger partial charge in [0.25, 0.3) is 0 Å². The Morgan fingerprint density at radius 1 is 1.45 bits per heavy atom. The number of aliphatic hydroxyl groups excluding tert-OH is 1. The van der Waals surface area contributed by atoms with E-state index in [2.05, 4.69) is 5.10 Å². The van der Waals surface area contributed by atoms with Crippen LogP contribution in [0.4, 0.5) is 0 Å². The van der Waals surface area contributed by atoms with E-state index in [9.17, 15) is 9.90 Å². The minimum absolute atomic E-state index is 0.0515. The Morgan fingerprint density at radius 2 is 2.25 bits per heavy atom. The van der Waals surface area contributed by atoms with Crippen LogP contribution < -0.4 is 0 Å². The van der Waals surface area contributed by atoms with E-state index in [1.54, 1.807) is 29.1 Å². The first-order valence-corrected chi connectivity index (χ1v) is 6.59. The first kappa shape index (κ1) is 14.3. The lowest BCUT2D eigenvalue weighted by atomic mass is 10.2.